The Labute approximate surface area is 128 Å². The summed E-state index contributed by atoms with van der Waals surface area (Å²) in [6.45, 7) is 1.87. The second kappa shape index (κ2) is 7.04. The van der Waals surface area contributed by atoms with Crippen LogP contribution in [0.3, 0.4) is 0 Å². The number of hydrogen-bond donors (Lipinski definition) is 1. The third-order valence-electron chi connectivity index (χ3n) is 2.98. The van der Waals surface area contributed by atoms with Crippen molar-refractivity contribution in [2.24, 2.45) is 0 Å². The Bertz CT molecular complexity index is 669. The minimum Gasteiger partial charge on any atom is -0.346 e. The summed E-state index contributed by atoms with van der Waals surface area (Å²) in [6, 6.07) is 13.2. The maximum atomic E-state index is 13.0. The highest BCUT2D eigenvalue weighted by atomic mass is 35.5. The summed E-state index contributed by atoms with van der Waals surface area (Å²) in [5.74, 6) is -0.573. The van der Waals surface area contributed by atoms with E-state index in [1.165, 1.54) is 18.2 Å². The van der Waals surface area contributed by atoms with Gasteiger partial charge in [-0.15, -0.1) is 0 Å². The normalized spacial score (nSPS) is 12.3. The van der Waals surface area contributed by atoms with E-state index in [0.717, 1.165) is 5.56 Å². The Hall–Kier alpha value is -2.13. The quantitative estimate of drug-likeness (QED) is 0.835. The van der Waals surface area contributed by atoms with Gasteiger partial charge in [-0.25, -0.2) is 4.39 Å². The Kier molecular flexibility index (Phi) is 5.12. The van der Waals surface area contributed by atoms with E-state index in [2.05, 4.69) is 5.32 Å². The van der Waals surface area contributed by atoms with Crippen LogP contribution in [0.25, 0.3) is 6.08 Å². The predicted octanol–water partition coefficient (Wildman–Crippen LogP) is 4.37. The van der Waals surface area contributed by atoms with Crippen molar-refractivity contribution in [1.82, 2.24) is 5.32 Å². The molecule has 0 aliphatic rings. The van der Waals surface area contributed by atoms with Crippen molar-refractivity contribution in [2.45, 2.75) is 13.0 Å². The molecule has 1 amide bonds. The minimum atomic E-state index is -0.329. The summed E-state index contributed by atoms with van der Waals surface area (Å²) in [4.78, 5) is 11.8. The summed E-state index contributed by atoms with van der Waals surface area (Å²) in [6.07, 6.45) is 2.96. The number of carbonyl (C=O) groups excluding carboxylic acids is 1. The molecule has 2 rings (SSSR count). The number of halogens is 2. The van der Waals surface area contributed by atoms with Gasteiger partial charge in [0.2, 0.25) is 5.91 Å². The lowest BCUT2D eigenvalue weighted by molar-refractivity contribution is -0.117. The Morgan fingerprint density at radius 2 is 2.00 bits per heavy atom. The third-order valence-corrected chi connectivity index (χ3v) is 3.22. The van der Waals surface area contributed by atoms with Crippen molar-refractivity contribution in [3.63, 3.8) is 0 Å². The molecule has 0 bridgehead atoms. The van der Waals surface area contributed by atoms with Gasteiger partial charge >= 0.3 is 0 Å². The van der Waals surface area contributed by atoms with Crippen LogP contribution >= 0.6 is 11.6 Å². The Balaban J connectivity index is 1.98. The molecule has 2 aromatic rings. The summed E-state index contributed by atoms with van der Waals surface area (Å²) in [5.41, 5.74) is 1.57. The molecule has 2 nitrogen and oxygen atoms in total. The average Bonchev–Trinajstić information content (AvgIpc) is 2.45. The van der Waals surface area contributed by atoms with Crippen LogP contribution in [0, 0.1) is 5.82 Å². The van der Waals surface area contributed by atoms with Crippen LogP contribution in [-0.2, 0) is 4.79 Å². The summed E-state index contributed by atoms with van der Waals surface area (Å²) in [7, 11) is 0. The van der Waals surface area contributed by atoms with Gasteiger partial charge in [-0.05, 0) is 48.4 Å². The number of amides is 1. The molecule has 0 saturated heterocycles. The second-order valence-electron chi connectivity index (χ2n) is 4.67. The molecular weight excluding hydrogens is 289 g/mol. The van der Waals surface area contributed by atoms with E-state index in [1.807, 2.05) is 25.1 Å². The van der Waals surface area contributed by atoms with Crippen molar-refractivity contribution in [1.29, 1.82) is 0 Å². The van der Waals surface area contributed by atoms with Gasteiger partial charge in [-0.1, -0.05) is 35.9 Å². The summed E-state index contributed by atoms with van der Waals surface area (Å²) >= 11 is 5.92. The van der Waals surface area contributed by atoms with Crippen LogP contribution in [-0.4, -0.2) is 5.91 Å². The van der Waals surface area contributed by atoms with E-state index in [9.17, 15) is 9.18 Å². The summed E-state index contributed by atoms with van der Waals surface area (Å²) < 4.78 is 13.0. The van der Waals surface area contributed by atoms with E-state index in [-0.39, 0.29) is 17.8 Å². The summed E-state index contributed by atoms with van der Waals surface area (Å²) in [5, 5.41) is 3.46. The fraction of sp³-hybridized carbons (Fsp3) is 0.118. The smallest absolute Gasteiger partial charge is 0.244 e. The maximum Gasteiger partial charge on any atom is 0.244 e. The molecule has 0 radical (unpaired) electrons. The zero-order valence-corrected chi connectivity index (χ0v) is 12.3. The molecule has 0 aliphatic carbocycles. The van der Waals surface area contributed by atoms with Crippen molar-refractivity contribution >= 4 is 23.6 Å². The Morgan fingerprint density at radius 3 is 2.71 bits per heavy atom. The van der Waals surface area contributed by atoms with E-state index in [0.29, 0.717) is 10.6 Å². The highest BCUT2D eigenvalue weighted by Gasteiger charge is 2.07. The first-order valence-corrected chi connectivity index (χ1v) is 6.92. The second-order valence-corrected chi connectivity index (χ2v) is 5.11. The average molecular weight is 304 g/mol. The fourth-order valence-electron chi connectivity index (χ4n) is 1.90. The molecule has 1 atom stereocenters. The zero-order chi connectivity index (χ0) is 15.2. The van der Waals surface area contributed by atoms with Gasteiger partial charge in [0.1, 0.15) is 5.82 Å². The molecule has 21 heavy (non-hydrogen) atoms. The van der Waals surface area contributed by atoms with Gasteiger partial charge < -0.3 is 5.32 Å². The maximum absolute atomic E-state index is 13.0. The standard InChI is InChI=1S/C17H15ClFNO/c1-12(14-5-3-6-15(18)11-14)20-17(21)9-8-13-4-2-7-16(19)10-13/h2-12H,1H3,(H,20,21)/b9-8+/t12-/m0/s1. The molecule has 108 valence electrons. The highest BCUT2D eigenvalue weighted by Crippen LogP contribution is 2.17. The fourth-order valence-corrected chi connectivity index (χ4v) is 2.10. The lowest BCUT2D eigenvalue weighted by Crippen LogP contribution is -2.24. The zero-order valence-electron chi connectivity index (χ0n) is 11.5. The topological polar surface area (TPSA) is 29.1 Å². The molecule has 0 unspecified atom stereocenters. The molecule has 1 N–H and O–H groups in total. The molecule has 0 heterocycles. The monoisotopic (exact) mass is 303 g/mol. The minimum absolute atomic E-state index is 0.159. The van der Waals surface area contributed by atoms with Crippen molar-refractivity contribution < 1.29 is 9.18 Å². The van der Waals surface area contributed by atoms with Crippen LogP contribution in [0.4, 0.5) is 4.39 Å². The lowest BCUT2D eigenvalue weighted by atomic mass is 10.1. The molecule has 0 aromatic heterocycles. The van der Waals surface area contributed by atoms with Gasteiger partial charge in [-0.3, -0.25) is 4.79 Å². The number of hydrogen-bond acceptors (Lipinski definition) is 1. The van der Waals surface area contributed by atoms with Gasteiger partial charge in [0.25, 0.3) is 0 Å². The van der Waals surface area contributed by atoms with Gasteiger partial charge in [-0.2, -0.15) is 0 Å². The van der Waals surface area contributed by atoms with Gasteiger partial charge in [0.05, 0.1) is 6.04 Å². The predicted molar refractivity (Wildman–Crippen MR) is 83.4 cm³/mol. The third kappa shape index (κ3) is 4.72. The van der Waals surface area contributed by atoms with Crippen LogP contribution in [0.2, 0.25) is 5.02 Å². The molecule has 2 aromatic carbocycles. The van der Waals surface area contributed by atoms with Crippen LogP contribution in [0.15, 0.2) is 54.6 Å². The first kappa shape index (κ1) is 15.3. The van der Waals surface area contributed by atoms with Crippen molar-refractivity contribution in [2.75, 3.05) is 0 Å². The largest absolute Gasteiger partial charge is 0.346 e. The number of benzene rings is 2. The van der Waals surface area contributed by atoms with E-state index < -0.39 is 0 Å². The Morgan fingerprint density at radius 1 is 1.24 bits per heavy atom. The first-order chi connectivity index (χ1) is 10.0. The molecule has 0 aliphatic heterocycles. The molecule has 0 spiro atoms. The lowest BCUT2D eigenvalue weighted by Gasteiger charge is -2.13. The molecule has 0 saturated carbocycles. The van der Waals surface area contributed by atoms with Gasteiger partial charge in [0, 0.05) is 11.1 Å². The molecular formula is C17H15ClFNO. The van der Waals surface area contributed by atoms with E-state index >= 15 is 0 Å². The van der Waals surface area contributed by atoms with E-state index in [4.69, 9.17) is 11.6 Å². The van der Waals surface area contributed by atoms with Crippen LogP contribution < -0.4 is 5.32 Å². The first-order valence-electron chi connectivity index (χ1n) is 6.54. The molecule has 0 fully saturated rings. The highest BCUT2D eigenvalue weighted by molar-refractivity contribution is 6.30. The van der Waals surface area contributed by atoms with Crippen LogP contribution in [0.5, 0.6) is 0 Å². The van der Waals surface area contributed by atoms with Crippen molar-refractivity contribution in [3.8, 4) is 0 Å². The van der Waals surface area contributed by atoms with Crippen LogP contribution in [0.1, 0.15) is 24.1 Å². The van der Waals surface area contributed by atoms with E-state index in [1.54, 1.807) is 24.3 Å². The molecule has 4 heteroatoms. The number of carbonyl (C=O) groups is 1. The SMILES string of the molecule is C[C@H](NC(=O)/C=C/c1cccc(F)c1)c1cccc(Cl)c1. The van der Waals surface area contributed by atoms with Gasteiger partial charge in [0.15, 0.2) is 0 Å². The van der Waals surface area contributed by atoms with Crippen molar-refractivity contribution in [3.05, 3.63) is 76.6 Å². The number of rotatable bonds is 4. The number of nitrogens with one attached hydrogen (secondary N) is 1.